The minimum absolute atomic E-state index is 0.0649. The predicted molar refractivity (Wildman–Crippen MR) is 94.2 cm³/mol. The van der Waals surface area contributed by atoms with E-state index in [9.17, 15) is 31.7 Å². The van der Waals surface area contributed by atoms with E-state index in [0.29, 0.717) is 0 Å². The molecule has 2 aromatic carbocycles. The Morgan fingerprint density at radius 2 is 1.69 bits per heavy atom. The summed E-state index contributed by atoms with van der Waals surface area (Å²) in [4.78, 5) is 10.3. The molecule has 0 N–H and O–H groups in total. The molecular weight excluding hydrogens is 417 g/mol. The van der Waals surface area contributed by atoms with Gasteiger partial charge in [-0.05, 0) is 36.4 Å². The molecule has 0 aromatic heterocycles. The monoisotopic (exact) mass is 432 g/mol. The van der Waals surface area contributed by atoms with Gasteiger partial charge in [-0.2, -0.15) is 17.5 Å². The quantitative estimate of drug-likeness (QED) is 0.530. The predicted octanol–water partition coefficient (Wildman–Crippen LogP) is 3.43. The topological polar surface area (TPSA) is 99.0 Å². The highest BCUT2D eigenvalue weighted by atomic mass is 32.2. The maximum atomic E-state index is 12.7. The molecule has 1 aliphatic rings. The average Bonchev–Trinajstić information content (AvgIpc) is 2.68. The Labute approximate surface area is 163 Å². The summed E-state index contributed by atoms with van der Waals surface area (Å²) in [5, 5.41) is 11.4. The lowest BCUT2D eigenvalue weighted by atomic mass is 10.2. The fourth-order valence-electron chi connectivity index (χ4n) is 2.66. The summed E-state index contributed by atoms with van der Waals surface area (Å²) in [6.45, 7) is 0.687. The zero-order valence-corrected chi connectivity index (χ0v) is 15.6. The number of alkyl halides is 3. The third-order valence-electron chi connectivity index (χ3n) is 4.14. The minimum Gasteiger partial charge on any atom is -0.450 e. The fourth-order valence-corrected chi connectivity index (χ4v) is 4.09. The molecule has 0 aliphatic carbocycles. The maximum absolute atomic E-state index is 12.7. The summed E-state index contributed by atoms with van der Waals surface area (Å²) in [7, 11) is -3.96. The Kier molecular flexibility index (Phi) is 5.78. The molecule has 0 amide bonds. The van der Waals surface area contributed by atoms with Gasteiger partial charge in [0.2, 0.25) is 15.8 Å². The van der Waals surface area contributed by atoms with Crippen molar-refractivity contribution in [3.63, 3.8) is 0 Å². The number of sulfonamides is 1. The average molecular weight is 432 g/mol. The van der Waals surface area contributed by atoms with E-state index >= 15 is 0 Å². The molecule has 0 bridgehead atoms. The Bertz CT molecular complexity index is 1000. The Balaban J connectivity index is 1.89. The summed E-state index contributed by atoms with van der Waals surface area (Å²) in [5.41, 5.74) is -1.52. The van der Waals surface area contributed by atoms with E-state index in [1.165, 1.54) is 0 Å². The lowest BCUT2D eigenvalue weighted by Crippen LogP contribution is -2.40. The van der Waals surface area contributed by atoms with Crippen molar-refractivity contribution in [1.29, 1.82) is 0 Å². The van der Waals surface area contributed by atoms with E-state index in [1.54, 1.807) is 0 Å². The zero-order chi connectivity index (χ0) is 21.2. The van der Waals surface area contributed by atoms with E-state index in [1.807, 2.05) is 0 Å². The zero-order valence-electron chi connectivity index (χ0n) is 14.8. The number of morpholine rings is 1. The molecule has 1 aliphatic heterocycles. The number of nitro groups is 1. The number of benzene rings is 2. The van der Waals surface area contributed by atoms with Crippen molar-refractivity contribution in [2.75, 3.05) is 26.3 Å². The van der Waals surface area contributed by atoms with Crippen LogP contribution in [-0.4, -0.2) is 43.9 Å². The van der Waals surface area contributed by atoms with Crippen LogP contribution >= 0.6 is 0 Å². The molecule has 0 radical (unpaired) electrons. The molecule has 8 nitrogen and oxygen atoms in total. The van der Waals surface area contributed by atoms with Gasteiger partial charge in [0, 0.05) is 19.2 Å². The lowest BCUT2D eigenvalue weighted by Gasteiger charge is -2.26. The van der Waals surface area contributed by atoms with Crippen LogP contribution in [0.2, 0.25) is 0 Å². The normalized spacial score (nSPS) is 15.8. The molecule has 1 heterocycles. The van der Waals surface area contributed by atoms with Gasteiger partial charge in [0.1, 0.15) is 5.75 Å². The standard InChI is InChI=1S/C17H15F3N2O6S/c18-17(19,20)12-1-3-13(4-2-12)28-16-6-5-14(11-15(16)22(23)24)29(25,26)21-7-9-27-10-8-21/h1-6,11H,7-10H2. The Morgan fingerprint density at radius 3 is 2.24 bits per heavy atom. The highest BCUT2D eigenvalue weighted by Gasteiger charge is 2.31. The van der Waals surface area contributed by atoms with Crippen LogP contribution in [0.5, 0.6) is 11.5 Å². The number of rotatable bonds is 5. The van der Waals surface area contributed by atoms with Crippen molar-refractivity contribution in [2.24, 2.45) is 0 Å². The van der Waals surface area contributed by atoms with Gasteiger partial charge in [0.15, 0.2) is 0 Å². The number of hydrogen-bond donors (Lipinski definition) is 0. The van der Waals surface area contributed by atoms with E-state index < -0.39 is 32.4 Å². The van der Waals surface area contributed by atoms with E-state index in [2.05, 4.69) is 0 Å². The first-order valence-corrected chi connectivity index (χ1v) is 9.74. The second kappa shape index (κ2) is 7.97. The smallest absolute Gasteiger partial charge is 0.416 e. The van der Waals surface area contributed by atoms with Crippen molar-refractivity contribution in [3.8, 4) is 11.5 Å². The molecule has 12 heteroatoms. The molecule has 0 spiro atoms. The number of nitro benzene ring substituents is 1. The van der Waals surface area contributed by atoms with Crippen molar-refractivity contribution in [3.05, 3.63) is 58.1 Å². The number of halogens is 3. The van der Waals surface area contributed by atoms with Gasteiger partial charge < -0.3 is 9.47 Å². The van der Waals surface area contributed by atoms with Crippen molar-refractivity contribution in [1.82, 2.24) is 4.31 Å². The largest absolute Gasteiger partial charge is 0.450 e. The molecule has 3 rings (SSSR count). The van der Waals surface area contributed by atoms with Crippen molar-refractivity contribution >= 4 is 15.7 Å². The third kappa shape index (κ3) is 4.66. The van der Waals surface area contributed by atoms with Gasteiger partial charge in [0.05, 0.1) is 28.6 Å². The number of ether oxygens (including phenoxy) is 2. The summed E-state index contributed by atoms with van der Waals surface area (Å²) < 4.78 is 74.8. The molecular formula is C17H15F3N2O6S. The van der Waals surface area contributed by atoms with Gasteiger partial charge in [-0.1, -0.05) is 0 Å². The summed E-state index contributed by atoms with van der Waals surface area (Å²) >= 11 is 0. The first-order chi connectivity index (χ1) is 13.6. The van der Waals surface area contributed by atoms with E-state index in [0.717, 1.165) is 46.8 Å². The second-order valence-corrected chi connectivity index (χ2v) is 7.97. The SMILES string of the molecule is O=[N+]([O-])c1cc(S(=O)(=O)N2CCOCC2)ccc1Oc1ccc(C(F)(F)F)cc1. The van der Waals surface area contributed by atoms with Crippen molar-refractivity contribution < 1.29 is 36.0 Å². The number of nitrogens with zero attached hydrogens (tertiary/aromatic N) is 2. The summed E-state index contributed by atoms with van der Waals surface area (Å²) in [6.07, 6.45) is -4.53. The Morgan fingerprint density at radius 1 is 1.07 bits per heavy atom. The van der Waals surface area contributed by atoms with Gasteiger partial charge in [0.25, 0.3) is 0 Å². The molecule has 0 saturated carbocycles. The molecule has 1 fully saturated rings. The molecule has 0 unspecified atom stereocenters. The Hall–Kier alpha value is -2.70. The van der Waals surface area contributed by atoms with Crippen LogP contribution in [0.1, 0.15) is 5.56 Å². The highest BCUT2D eigenvalue weighted by Crippen LogP contribution is 2.36. The molecule has 1 saturated heterocycles. The van der Waals surface area contributed by atoms with E-state index in [4.69, 9.17) is 9.47 Å². The van der Waals surface area contributed by atoms with Crippen LogP contribution in [0.4, 0.5) is 18.9 Å². The van der Waals surface area contributed by atoms with Crippen LogP contribution in [0.15, 0.2) is 47.4 Å². The first-order valence-electron chi connectivity index (χ1n) is 8.30. The van der Waals surface area contributed by atoms with E-state index in [-0.39, 0.29) is 42.7 Å². The number of hydrogen-bond acceptors (Lipinski definition) is 6. The van der Waals surface area contributed by atoms with Gasteiger partial charge >= 0.3 is 11.9 Å². The molecule has 29 heavy (non-hydrogen) atoms. The second-order valence-electron chi connectivity index (χ2n) is 6.03. The maximum Gasteiger partial charge on any atom is 0.416 e. The van der Waals surface area contributed by atoms with Gasteiger partial charge in [-0.15, -0.1) is 0 Å². The summed E-state index contributed by atoms with van der Waals surface area (Å²) in [5.74, 6) is -0.361. The molecule has 0 atom stereocenters. The van der Waals surface area contributed by atoms with Crippen LogP contribution in [0, 0.1) is 10.1 Å². The van der Waals surface area contributed by atoms with Crippen LogP contribution in [0.25, 0.3) is 0 Å². The van der Waals surface area contributed by atoms with Crippen LogP contribution in [0.3, 0.4) is 0 Å². The van der Waals surface area contributed by atoms with Crippen LogP contribution < -0.4 is 4.74 Å². The lowest BCUT2D eigenvalue weighted by molar-refractivity contribution is -0.385. The fraction of sp³-hybridized carbons (Fsp3) is 0.294. The third-order valence-corrected chi connectivity index (χ3v) is 6.04. The van der Waals surface area contributed by atoms with Gasteiger partial charge in [-0.25, -0.2) is 8.42 Å². The van der Waals surface area contributed by atoms with Gasteiger partial charge in [-0.3, -0.25) is 10.1 Å². The molecule has 156 valence electrons. The molecule has 2 aromatic rings. The minimum atomic E-state index is -4.53. The van der Waals surface area contributed by atoms with Crippen molar-refractivity contribution in [2.45, 2.75) is 11.1 Å². The van der Waals surface area contributed by atoms with Crippen LogP contribution in [-0.2, 0) is 20.9 Å². The summed E-state index contributed by atoms with van der Waals surface area (Å²) in [6, 6.07) is 6.71. The first kappa shape index (κ1) is 21.0. The highest BCUT2D eigenvalue weighted by molar-refractivity contribution is 7.89.